The molecule has 1 spiro atoms. The molecule has 1 aliphatic heterocycles. The third-order valence-corrected chi connectivity index (χ3v) is 2.36. The van der Waals surface area contributed by atoms with Gasteiger partial charge in [0.25, 0.3) is 0 Å². The van der Waals surface area contributed by atoms with Gasteiger partial charge < -0.3 is 9.84 Å². The van der Waals surface area contributed by atoms with Crippen molar-refractivity contribution < 1.29 is 9.84 Å². The highest BCUT2D eigenvalue weighted by Crippen LogP contribution is 2.57. The molecule has 2 fully saturated rings. The van der Waals surface area contributed by atoms with E-state index in [0.29, 0.717) is 17.9 Å². The smallest absolute Gasteiger partial charge is 0.0548 e. The summed E-state index contributed by atoms with van der Waals surface area (Å²) >= 11 is 0. The third kappa shape index (κ3) is 0.400. The minimum atomic E-state index is 0.364. The first-order valence-corrected chi connectivity index (χ1v) is 3.06. The van der Waals surface area contributed by atoms with Crippen molar-refractivity contribution in [2.45, 2.75) is 6.42 Å². The molecule has 0 aromatic rings. The average molecular weight is 114 g/mol. The van der Waals surface area contributed by atoms with Crippen LogP contribution in [0.25, 0.3) is 0 Å². The number of aliphatic hydroxyl groups excluding tert-OH is 1. The molecule has 1 saturated carbocycles. The summed E-state index contributed by atoms with van der Waals surface area (Å²) in [6, 6.07) is 0. The van der Waals surface area contributed by atoms with Crippen LogP contribution in [0.4, 0.5) is 0 Å². The lowest BCUT2D eigenvalue weighted by molar-refractivity contribution is -0.0624. The van der Waals surface area contributed by atoms with Crippen molar-refractivity contribution in [3.63, 3.8) is 0 Å². The second kappa shape index (κ2) is 1.25. The monoisotopic (exact) mass is 114 g/mol. The average Bonchev–Trinajstić information content (AvgIpc) is 2.36. The van der Waals surface area contributed by atoms with Crippen LogP contribution >= 0.6 is 0 Å². The van der Waals surface area contributed by atoms with Crippen LogP contribution in [-0.2, 0) is 4.74 Å². The van der Waals surface area contributed by atoms with Crippen LogP contribution in [0.5, 0.6) is 0 Å². The van der Waals surface area contributed by atoms with Gasteiger partial charge in [-0.1, -0.05) is 0 Å². The first-order valence-electron chi connectivity index (χ1n) is 3.06. The van der Waals surface area contributed by atoms with Crippen LogP contribution in [0.15, 0.2) is 0 Å². The maximum atomic E-state index is 8.65. The van der Waals surface area contributed by atoms with Gasteiger partial charge in [0.15, 0.2) is 0 Å². The molecule has 0 bridgehead atoms. The number of hydrogen-bond acceptors (Lipinski definition) is 2. The van der Waals surface area contributed by atoms with Gasteiger partial charge in [0.05, 0.1) is 13.2 Å². The van der Waals surface area contributed by atoms with E-state index >= 15 is 0 Å². The molecule has 1 heterocycles. The van der Waals surface area contributed by atoms with E-state index in [9.17, 15) is 0 Å². The molecule has 1 aliphatic carbocycles. The molecule has 8 heavy (non-hydrogen) atoms. The van der Waals surface area contributed by atoms with Crippen molar-refractivity contribution in [3.05, 3.63) is 0 Å². The normalized spacial score (nSPS) is 39.4. The van der Waals surface area contributed by atoms with Gasteiger partial charge in [-0.2, -0.15) is 0 Å². The molecule has 1 saturated heterocycles. The minimum absolute atomic E-state index is 0.364. The summed E-state index contributed by atoms with van der Waals surface area (Å²) in [7, 11) is 0. The lowest BCUT2D eigenvalue weighted by atomic mass is 10.0. The summed E-state index contributed by atoms with van der Waals surface area (Å²) in [5.41, 5.74) is 0.467. The van der Waals surface area contributed by atoms with Crippen molar-refractivity contribution in [2.75, 3.05) is 19.8 Å². The molecule has 1 atom stereocenters. The van der Waals surface area contributed by atoms with Crippen molar-refractivity contribution >= 4 is 0 Å². The Morgan fingerprint density at radius 2 is 2.38 bits per heavy atom. The molecule has 2 rings (SSSR count). The molecule has 1 N–H and O–H groups in total. The van der Waals surface area contributed by atoms with E-state index < -0.39 is 0 Å². The Labute approximate surface area is 48.5 Å². The maximum Gasteiger partial charge on any atom is 0.0548 e. The van der Waals surface area contributed by atoms with E-state index in [4.69, 9.17) is 9.84 Å². The van der Waals surface area contributed by atoms with Crippen molar-refractivity contribution in [1.82, 2.24) is 0 Å². The molecular weight excluding hydrogens is 104 g/mol. The molecule has 0 aromatic carbocycles. The van der Waals surface area contributed by atoms with Crippen molar-refractivity contribution in [1.29, 1.82) is 0 Å². The molecule has 46 valence electrons. The highest BCUT2D eigenvalue weighted by molar-refractivity contribution is 5.06. The van der Waals surface area contributed by atoms with E-state index in [-0.39, 0.29) is 0 Å². The molecule has 2 aliphatic rings. The zero-order valence-corrected chi connectivity index (χ0v) is 4.76. The SMILES string of the molecule is OCC1CC12COC2. The largest absolute Gasteiger partial charge is 0.396 e. The van der Waals surface area contributed by atoms with Crippen molar-refractivity contribution in [3.8, 4) is 0 Å². The summed E-state index contributed by atoms with van der Waals surface area (Å²) in [4.78, 5) is 0. The molecular formula is C6H10O2. The second-order valence-electron chi connectivity index (χ2n) is 2.94. The topological polar surface area (TPSA) is 29.5 Å². The van der Waals surface area contributed by atoms with Crippen LogP contribution in [0.2, 0.25) is 0 Å². The predicted octanol–water partition coefficient (Wildman–Crippen LogP) is 0.0152. The Morgan fingerprint density at radius 3 is 2.50 bits per heavy atom. The molecule has 2 heteroatoms. The van der Waals surface area contributed by atoms with E-state index in [2.05, 4.69) is 0 Å². The van der Waals surface area contributed by atoms with Gasteiger partial charge in [-0.3, -0.25) is 0 Å². The third-order valence-electron chi connectivity index (χ3n) is 2.36. The molecule has 1 unspecified atom stereocenters. The number of aliphatic hydroxyl groups is 1. The summed E-state index contributed by atoms with van der Waals surface area (Å²) in [5, 5.41) is 8.65. The molecule has 0 aromatic heterocycles. The summed E-state index contributed by atoms with van der Waals surface area (Å²) in [6.45, 7) is 2.17. The Balaban J connectivity index is 1.93. The first-order chi connectivity index (χ1) is 3.87. The Morgan fingerprint density at radius 1 is 1.62 bits per heavy atom. The van der Waals surface area contributed by atoms with Crippen LogP contribution in [0.3, 0.4) is 0 Å². The van der Waals surface area contributed by atoms with E-state index in [1.54, 1.807) is 0 Å². The van der Waals surface area contributed by atoms with Gasteiger partial charge in [-0.05, 0) is 12.3 Å². The van der Waals surface area contributed by atoms with Crippen LogP contribution in [-0.4, -0.2) is 24.9 Å². The van der Waals surface area contributed by atoms with Gasteiger partial charge in [0.2, 0.25) is 0 Å². The summed E-state index contributed by atoms with van der Waals surface area (Å²) in [5.74, 6) is 0.580. The van der Waals surface area contributed by atoms with Gasteiger partial charge in [0, 0.05) is 12.0 Å². The fourth-order valence-corrected chi connectivity index (χ4v) is 1.41. The van der Waals surface area contributed by atoms with E-state index in [0.717, 1.165) is 13.2 Å². The van der Waals surface area contributed by atoms with Gasteiger partial charge in [-0.15, -0.1) is 0 Å². The van der Waals surface area contributed by atoms with Crippen LogP contribution in [0, 0.1) is 11.3 Å². The van der Waals surface area contributed by atoms with Crippen molar-refractivity contribution in [2.24, 2.45) is 11.3 Å². The number of rotatable bonds is 1. The highest BCUT2D eigenvalue weighted by atomic mass is 16.5. The fourth-order valence-electron chi connectivity index (χ4n) is 1.41. The lowest BCUT2D eigenvalue weighted by Gasteiger charge is -2.26. The second-order valence-corrected chi connectivity index (χ2v) is 2.94. The quantitative estimate of drug-likeness (QED) is 0.520. The van der Waals surface area contributed by atoms with E-state index in [1.807, 2.05) is 0 Å². The van der Waals surface area contributed by atoms with Gasteiger partial charge in [-0.25, -0.2) is 0 Å². The standard InChI is InChI=1S/C6H10O2/c7-2-5-1-6(5)3-8-4-6/h5,7H,1-4H2. The summed E-state index contributed by atoms with van der Waals surface area (Å²) in [6.07, 6.45) is 1.20. The maximum absolute atomic E-state index is 8.65. The Bertz CT molecular complexity index is 107. The van der Waals surface area contributed by atoms with E-state index in [1.165, 1.54) is 6.42 Å². The molecule has 0 amide bonds. The molecule has 0 radical (unpaired) electrons. The van der Waals surface area contributed by atoms with Gasteiger partial charge in [0.1, 0.15) is 0 Å². The Hall–Kier alpha value is -0.0800. The first kappa shape index (κ1) is 4.77. The van der Waals surface area contributed by atoms with Crippen LogP contribution in [0.1, 0.15) is 6.42 Å². The summed E-state index contributed by atoms with van der Waals surface area (Å²) < 4.78 is 5.02. The molecule has 2 nitrogen and oxygen atoms in total. The number of ether oxygens (including phenoxy) is 1. The highest BCUT2D eigenvalue weighted by Gasteiger charge is 2.58. The Kier molecular flexibility index (Phi) is 0.746. The predicted molar refractivity (Wildman–Crippen MR) is 28.4 cm³/mol. The lowest BCUT2D eigenvalue weighted by Crippen LogP contribution is -2.31. The minimum Gasteiger partial charge on any atom is -0.396 e. The zero-order chi connectivity index (χ0) is 5.61. The van der Waals surface area contributed by atoms with Gasteiger partial charge >= 0.3 is 0 Å². The fraction of sp³-hybridized carbons (Fsp3) is 1.00. The zero-order valence-electron chi connectivity index (χ0n) is 4.76. The van der Waals surface area contributed by atoms with Crippen LogP contribution < -0.4 is 0 Å². The number of hydrogen-bond donors (Lipinski definition) is 1.